The minimum absolute atomic E-state index is 0.256. The molecule has 186 valence electrons. The zero-order valence-corrected chi connectivity index (χ0v) is 20.6. The smallest absolute Gasteiger partial charge is 0.269 e. The molecule has 2 N–H and O–H groups in total. The second-order valence-corrected chi connectivity index (χ2v) is 9.51. The molecule has 3 heterocycles. The number of aromatic nitrogens is 1. The van der Waals surface area contributed by atoms with Crippen LogP contribution in [-0.4, -0.2) is 65.9 Å². The van der Waals surface area contributed by atoms with Gasteiger partial charge in [-0.2, -0.15) is 0 Å². The molecule has 0 spiro atoms. The van der Waals surface area contributed by atoms with Crippen molar-refractivity contribution in [1.29, 1.82) is 0 Å². The van der Waals surface area contributed by atoms with Crippen molar-refractivity contribution in [2.24, 2.45) is 0 Å². The van der Waals surface area contributed by atoms with E-state index < -0.39 is 0 Å². The molecule has 2 aliphatic heterocycles. The molecular formula is C29H33N5O2. The second kappa shape index (κ2) is 11.5. The molecule has 0 fully saturated rings. The minimum atomic E-state index is -0.256. The standard InChI is InChI=1S/C29H33N5O2/c35-28(30-14-18-33-16-12-22-6-1-3-8-24(22)20-33)26-10-5-11-27(32-26)29(36)31-15-19-34-17-13-23-7-2-4-9-25(23)21-34/h1-11H,12-21H2,(H,30,35)(H,31,36). The predicted molar refractivity (Wildman–Crippen MR) is 140 cm³/mol. The topological polar surface area (TPSA) is 77.6 Å². The number of carbonyl (C=O) groups excluding carboxylic acids is 2. The first-order chi connectivity index (χ1) is 17.7. The molecule has 0 radical (unpaired) electrons. The second-order valence-electron chi connectivity index (χ2n) is 9.51. The number of hydrogen-bond donors (Lipinski definition) is 2. The van der Waals surface area contributed by atoms with E-state index in [0.29, 0.717) is 13.1 Å². The van der Waals surface area contributed by atoms with Gasteiger partial charge in [-0.3, -0.25) is 19.4 Å². The highest BCUT2D eigenvalue weighted by Crippen LogP contribution is 2.18. The van der Waals surface area contributed by atoms with Crippen LogP contribution in [0.5, 0.6) is 0 Å². The van der Waals surface area contributed by atoms with E-state index in [2.05, 4.69) is 73.9 Å². The van der Waals surface area contributed by atoms with Crippen LogP contribution in [0.1, 0.15) is 43.2 Å². The van der Waals surface area contributed by atoms with Gasteiger partial charge < -0.3 is 10.6 Å². The fourth-order valence-electron chi connectivity index (χ4n) is 5.01. The number of carbonyl (C=O) groups is 2. The van der Waals surface area contributed by atoms with E-state index in [1.54, 1.807) is 18.2 Å². The number of nitrogens with one attached hydrogen (secondary N) is 2. The summed E-state index contributed by atoms with van der Waals surface area (Å²) < 4.78 is 0. The highest BCUT2D eigenvalue weighted by Gasteiger charge is 2.18. The predicted octanol–water partition coefficient (Wildman–Crippen LogP) is 2.66. The largest absolute Gasteiger partial charge is 0.349 e. The molecule has 0 aliphatic carbocycles. The first-order valence-electron chi connectivity index (χ1n) is 12.8. The van der Waals surface area contributed by atoms with Crippen molar-refractivity contribution in [1.82, 2.24) is 25.4 Å². The molecule has 0 saturated carbocycles. The van der Waals surface area contributed by atoms with Gasteiger partial charge in [0, 0.05) is 52.4 Å². The maximum Gasteiger partial charge on any atom is 0.269 e. The first kappa shape index (κ1) is 24.2. The Bertz CT molecular complexity index is 1140. The molecule has 2 aromatic carbocycles. The van der Waals surface area contributed by atoms with Crippen molar-refractivity contribution in [2.45, 2.75) is 25.9 Å². The summed E-state index contributed by atoms with van der Waals surface area (Å²) in [4.78, 5) is 34.3. The third kappa shape index (κ3) is 5.98. The number of fused-ring (bicyclic) bond motifs is 2. The Hall–Kier alpha value is -3.55. The van der Waals surface area contributed by atoms with E-state index in [-0.39, 0.29) is 23.2 Å². The Morgan fingerprint density at radius 3 is 1.56 bits per heavy atom. The van der Waals surface area contributed by atoms with Gasteiger partial charge in [-0.1, -0.05) is 54.6 Å². The van der Waals surface area contributed by atoms with Crippen LogP contribution in [0.15, 0.2) is 66.7 Å². The van der Waals surface area contributed by atoms with Crippen molar-refractivity contribution < 1.29 is 9.59 Å². The van der Waals surface area contributed by atoms with Gasteiger partial charge in [-0.05, 0) is 47.2 Å². The van der Waals surface area contributed by atoms with Gasteiger partial charge in [-0.25, -0.2) is 4.98 Å². The average Bonchev–Trinajstić information content (AvgIpc) is 2.93. The molecule has 3 aromatic rings. The lowest BCUT2D eigenvalue weighted by Gasteiger charge is -2.28. The molecule has 5 rings (SSSR count). The number of pyridine rings is 1. The van der Waals surface area contributed by atoms with Gasteiger partial charge in [0.15, 0.2) is 0 Å². The molecule has 7 nitrogen and oxygen atoms in total. The third-order valence-corrected chi connectivity index (χ3v) is 7.06. The molecule has 0 bridgehead atoms. The van der Waals surface area contributed by atoms with Crippen molar-refractivity contribution in [3.63, 3.8) is 0 Å². The summed E-state index contributed by atoms with van der Waals surface area (Å²) in [6.45, 7) is 6.43. The molecule has 1 aromatic heterocycles. The number of benzene rings is 2. The monoisotopic (exact) mass is 483 g/mol. The van der Waals surface area contributed by atoms with Gasteiger partial charge >= 0.3 is 0 Å². The Labute approximate surface area is 212 Å². The Morgan fingerprint density at radius 1 is 0.639 bits per heavy atom. The molecule has 0 saturated heterocycles. The molecule has 0 atom stereocenters. The maximum absolute atomic E-state index is 12.7. The molecule has 2 aliphatic rings. The summed E-state index contributed by atoms with van der Waals surface area (Å²) >= 11 is 0. The fourth-order valence-corrected chi connectivity index (χ4v) is 5.01. The van der Waals surface area contributed by atoms with Gasteiger partial charge in [0.05, 0.1) is 0 Å². The summed E-state index contributed by atoms with van der Waals surface area (Å²) in [5.74, 6) is -0.511. The highest BCUT2D eigenvalue weighted by molar-refractivity contribution is 5.96. The van der Waals surface area contributed by atoms with Crippen LogP contribution in [-0.2, 0) is 25.9 Å². The Balaban J connectivity index is 1.06. The van der Waals surface area contributed by atoms with E-state index in [4.69, 9.17) is 0 Å². The number of amides is 2. The van der Waals surface area contributed by atoms with Crippen LogP contribution in [0.25, 0.3) is 0 Å². The molecular weight excluding hydrogens is 450 g/mol. The van der Waals surface area contributed by atoms with E-state index in [0.717, 1.165) is 52.1 Å². The van der Waals surface area contributed by atoms with Crippen LogP contribution in [0, 0.1) is 0 Å². The van der Waals surface area contributed by atoms with Crippen LogP contribution in [0.3, 0.4) is 0 Å². The summed E-state index contributed by atoms with van der Waals surface area (Å²) in [6.07, 6.45) is 2.07. The molecule has 0 unspecified atom stereocenters. The van der Waals surface area contributed by atoms with Crippen LogP contribution in [0.2, 0.25) is 0 Å². The number of rotatable bonds is 8. The van der Waals surface area contributed by atoms with E-state index in [9.17, 15) is 9.59 Å². The summed E-state index contributed by atoms with van der Waals surface area (Å²) in [5.41, 5.74) is 6.08. The normalized spacial score (nSPS) is 15.6. The minimum Gasteiger partial charge on any atom is -0.349 e. The lowest BCUT2D eigenvalue weighted by molar-refractivity contribution is 0.0938. The van der Waals surface area contributed by atoms with Crippen molar-refractivity contribution in [2.75, 3.05) is 39.3 Å². The van der Waals surface area contributed by atoms with Crippen LogP contribution < -0.4 is 10.6 Å². The van der Waals surface area contributed by atoms with Crippen molar-refractivity contribution >= 4 is 11.8 Å². The van der Waals surface area contributed by atoms with Crippen molar-refractivity contribution in [3.8, 4) is 0 Å². The lowest BCUT2D eigenvalue weighted by atomic mass is 10.00. The van der Waals surface area contributed by atoms with Gasteiger partial charge in [-0.15, -0.1) is 0 Å². The van der Waals surface area contributed by atoms with Gasteiger partial charge in [0.1, 0.15) is 11.4 Å². The number of hydrogen-bond acceptors (Lipinski definition) is 5. The summed E-state index contributed by atoms with van der Waals surface area (Å²) in [7, 11) is 0. The van der Waals surface area contributed by atoms with E-state index in [1.807, 2.05) is 0 Å². The third-order valence-electron chi connectivity index (χ3n) is 7.06. The molecule has 2 amide bonds. The van der Waals surface area contributed by atoms with E-state index in [1.165, 1.54) is 22.3 Å². The zero-order valence-electron chi connectivity index (χ0n) is 20.6. The van der Waals surface area contributed by atoms with Crippen LogP contribution in [0.4, 0.5) is 0 Å². The fraction of sp³-hybridized carbons (Fsp3) is 0.345. The Morgan fingerprint density at radius 2 is 1.08 bits per heavy atom. The summed E-state index contributed by atoms with van der Waals surface area (Å²) in [6, 6.07) is 22.1. The van der Waals surface area contributed by atoms with E-state index >= 15 is 0 Å². The SMILES string of the molecule is O=C(NCCN1CCc2ccccc2C1)c1cccc(C(=O)NCCN2CCc3ccccc3C2)n1. The number of nitrogens with zero attached hydrogens (tertiary/aromatic N) is 3. The highest BCUT2D eigenvalue weighted by atomic mass is 16.2. The zero-order chi connectivity index (χ0) is 24.7. The average molecular weight is 484 g/mol. The van der Waals surface area contributed by atoms with Gasteiger partial charge in [0.25, 0.3) is 11.8 Å². The van der Waals surface area contributed by atoms with Gasteiger partial charge in [0.2, 0.25) is 0 Å². The first-order valence-corrected chi connectivity index (χ1v) is 12.8. The quantitative estimate of drug-likeness (QED) is 0.515. The van der Waals surface area contributed by atoms with Crippen LogP contribution >= 0.6 is 0 Å². The lowest BCUT2D eigenvalue weighted by Crippen LogP contribution is -2.38. The Kier molecular flexibility index (Phi) is 7.69. The molecule has 7 heteroatoms. The maximum atomic E-state index is 12.7. The van der Waals surface area contributed by atoms with Crippen molar-refractivity contribution in [3.05, 3.63) is 100 Å². The summed E-state index contributed by atoms with van der Waals surface area (Å²) in [5, 5.41) is 5.90. The molecule has 36 heavy (non-hydrogen) atoms.